The second-order valence-electron chi connectivity index (χ2n) is 7.23. The summed E-state index contributed by atoms with van der Waals surface area (Å²) in [6.45, 7) is 3.97. The molecule has 2 aromatic carbocycles. The Balaban J connectivity index is 1.75. The number of aryl methyl sites for hydroxylation is 1. The van der Waals surface area contributed by atoms with Gasteiger partial charge in [-0.1, -0.05) is 18.2 Å². The van der Waals surface area contributed by atoms with Gasteiger partial charge in [0.1, 0.15) is 5.75 Å². The van der Waals surface area contributed by atoms with Gasteiger partial charge in [0, 0.05) is 23.0 Å². The molecule has 3 aromatic rings. The topological polar surface area (TPSA) is 32.8 Å². The van der Waals surface area contributed by atoms with Crippen molar-refractivity contribution in [3.8, 4) is 5.75 Å². The molecule has 0 spiro atoms. The van der Waals surface area contributed by atoms with Gasteiger partial charge in [0.15, 0.2) is 0 Å². The Labute approximate surface area is 164 Å². The first-order chi connectivity index (χ1) is 13.0. The maximum absolute atomic E-state index is 13.6. The van der Waals surface area contributed by atoms with Crippen LogP contribution in [0.25, 0.3) is 10.1 Å². The fourth-order valence-electron chi connectivity index (χ4n) is 3.74. The monoisotopic (exact) mass is 380 g/mol. The number of methoxy groups -OCH3 is 1. The molecule has 0 radical (unpaired) electrons. The number of rotatable bonds is 4. The summed E-state index contributed by atoms with van der Waals surface area (Å²) in [5.74, 6) is 0.839. The summed E-state index contributed by atoms with van der Waals surface area (Å²) >= 11 is 1.58. The number of amides is 1. The van der Waals surface area contributed by atoms with E-state index in [1.807, 2.05) is 35.2 Å². The van der Waals surface area contributed by atoms with Crippen LogP contribution in [0.4, 0.5) is 5.69 Å². The lowest BCUT2D eigenvalue weighted by Gasteiger charge is -2.29. The summed E-state index contributed by atoms with van der Waals surface area (Å²) in [4.78, 5) is 18.6. The van der Waals surface area contributed by atoms with Gasteiger partial charge in [-0.25, -0.2) is 0 Å². The zero-order valence-electron chi connectivity index (χ0n) is 15.9. The maximum Gasteiger partial charge on any atom is 0.268 e. The minimum absolute atomic E-state index is 0.0717. The molecule has 5 heteroatoms. The summed E-state index contributed by atoms with van der Waals surface area (Å²) in [7, 11) is 3.76. The fraction of sp³-hybridized carbons (Fsp3) is 0.318. The van der Waals surface area contributed by atoms with Gasteiger partial charge >= 0.3 is 0 Å². The van der Waals surface area contributed by atoms with Crippen LogP contribution in [0.2, 0.25) is 0 Å². The van der Waals surface area contributed by atoms with Crippen LogP contribution in [-0.2, 0) is 0 Å². The molecule has 27 heavy (non-hydrogen) atoms. The van der Waals surface area contributed by atoms with Gasteiger partial charge in [0.2, 0.25) is 0 Å². The van der Waals surface area contributed by atoms with Crippen LogP contribution < -0.4 is 9.64 Å². The van der Waals surface area contributed by atoms with Crippen molar-refractivity contribution in [3.05, 3.63) is 59.0 Å². The molecular weight excluding hydrogens is 356 g/mol. The lowest BCUT2D eigenvalue weighted by molar-refractivity contribution is 0.0981. The van der Waals surface area contributed by atoms with E-state index in [4.69, 9.17) is 4.74 Å². The van der Waals surface area contributed by atoms with Crippen molar-refractivity contribution < 1.29 is 9.53 Å². The molecule has 4 nitrogen and oxygen atoms in total. The smallest absolute Gasteiger partial charge is 0.268 e. The number of ether oxygens (including phenoxy) is 1. The normalized spacial score (nSPS) is 17.4. The van der Waals surface area contributed by atoms with Crippen molar-refractivity contribution in [2.24, 2.45) is 0 Å². The third-order valence-corrected chi connectivity index (χ3v) is 6.25. The number of fused-ring (bicyclic) bond motifs is 1. The van der Waals surface area contributed by atoms with Crippen LogP contribution in [0, 0.1) is 6.92 Å². The van der Waals surface area contributed by atoms with Crippen molar-refractivity contribution in [1.82, 2.24) is 4.90 Å². The van der Waals surface area contributed by atoms with Crippen molar-refractivity contribution in [3.63, 3.8) is 0 Å². The van der Waals surface area contributed by atoms with Gasteiger partial charge in [0.25, 0.3) is 5.91 Å². The molecule has 1 aromatic heterocycles. The lowest BCUT2D eigenvalue weighted by Crippen LogP contribution is -2.41. The first kappa shape index (κ1) is 18.0. The molecular formula is C22H24N2O2S. The highest BCUT2D eigenvalue weighted by Gasteiger charge is 2.32. The SMILES string of the molecule is COc1cccc(N(C(=O)c2cc3ccc(C)cc3s2)C2CCN(C)C2)c1. The number of anilines is 1. The molecule has 1 aliphatic heterocycles. The van der Waals surface area contributed by atoms with Gasteiger partial charge in [-0.3, -0.25) is 4.79 Å². The first-order valence-electron chi connectivity index (χ1n) is 9.21. The van der Waals surface area contributed by atoms with Crippen LogP contribution in [0.3, 0.4) is 0 Å². The minimum Gasteiger partial charge on any atom is -0.497 e. The molecule has 0 saturated carbocycles. The Kier molecular flexibility index (Phi) is 4.89. The summed E-state index contributed by atoms with van der Waals surface area (Å²) in [5.41, 5.74) is 2.11. The third-order valence-electron chi connectivity index (χ3n) is 5.17. The van der Waals surface area contributed by atoms with Gasteiger partial charge in [-0.15, -0.1) is 11.3 Å². The van der Waals surface area contributed by atoms with E-state index in [1.54, 1.807) is 18.4 Å². The first-order valence-corrected chi connectivity index (χ1v) is 10.0. The average Bonchev–Trinajstić information content (AvgIpc) is 3.28. The second-order valence-corrected chi connectivity index (χ2v) is 8.32. The Morgan fingerprint density at radius 2 is 2.07 bits per heavy atom. The van der Waals surface area contributed by atoms with Gasteiger partial charge in [-0.2, -0.15) is 0 Å². The quantitative estimate of drug-likeness (QED) is 0.665. The Morgan fingerprint density at radius 1 is 1.22 bits per heavy atom. The van der Waals surface area contributed by atoms with E-state index in [9.17, 15) is 4.79 Å². The number of hydrogen-bond acceptors (Lipinski definition) is 4. The van der Waals surface area contributed by atoms with E-state index in [0.29, 0.717) is 0 Å². The zero-order valence-corrected chi connectivity index (χ0v) is 16.8. The van der Waals surface area contributed by atoms with Crippen molar-refractivity contribution >= 4 is 33.0 Å². The number of nitrogens with zero attached hydrogens (tertiary/aromatic N) is 2. The summed E-state index contributed by atoms with van der Waals surface area (Å²) in [6.07, 6.45) is 0.976. The highest BCUT2D eigenvalue weighted by molar-refractivity contribution is 7.20. The Hall–Kier alpha value is -2.37. The molecule has 1 unspecified atom stereocenters. The molecule has 0 N–H and O–H groups in total. The van der Waals surface area contributed by atoms with E-state index in [-0.39, 0.29) is 11.9 Å². The van der Waals surface area contributed by atoms with Crippen molar-refractivity contribution in [1.29, 1.82) is 0 Å². The highest BCUT2D eigenvalue weighted by Crippen LogP contribution is 2.32. The van der Waals surface area contributed by atoms with Crippen LogP contribution in [0.5, 0.6) is 5.75 Å². The summed E-state index contributed by atoms with van der Waals surface area (Å²) in [6, 6.07) is 16.3. The Morgan fingerprint density at radius 3 is 2.81 bits per heavy atom. The number of carbonyl (C=O) groups is 1. The van der Waals surface area contributed by atoms with Crippen molar-refractivity contribution in [2.75, 3.05) is 32.1 Å². The molecule has 1 saturated heterocycles. The van der Waals surface area contributed by atoms with Crippen molar-refractivity contribution in [2.45, 2.75) is 19.4 Å². The molecule has 0 bridgehead atoms. The van der Waals surface area contributed by atoms with Gasteiger partial charge < -0.3 is 14.5 Å². The lowest BCUT2D eigenvalue weighted by atomic mass is 10.1. The molecule has 1 amide bonds. The summed E-state index contributed by atoms with van der Waals surface area (Å²) in [5, 5.41) is 1.13. The maximum atomic E-state index is 13.6. The fourth-order valence-corrected chi connectivity index (χ4v) is 4.84. The van der Waals surface area contributed by atoms with E-state index < -0.39 is 0 Å². The molecule has 1 atom stereocenters. The number of likely N-dealkylation sites (N-methyl/N-ethyl adjacent to an activating group) is 1. The minimum atomic E-state index is 0.0717. The van der Waals surface area contributed by atoms with E-state index in [2.05, 4.69) is 37.1 Å². The molecule has 1 aliphatic rings. The molecule has 2 heterocycles. The highest BCUT2D eigenvalue weighted by atomic mass is 32.1. The third kappa shape index (κ3) is 3.57. The predicted molar refractivity (Wildman–Crippen MR) is 112 cm³/mol. The molecule has 1 fully saturated rings. The van der Waals surface area contributed by atoms with E-state index >= 15 is 0 Å². The molecule has 4 rings (SSSR count). The van der Waals surface area contributed by atoms with E-state index in [0.717, 1.165) is 45.9 Å². The second kappa shape index (κ2) is 7.33. The molecule has 140 valence electrons. The van der Waals surface area contributed by atoms with Crippen LogP contribution in [0.15, 0.2) is 48.5 Å². The molecule has 0 aliphatic carbocycles. The van der Waals surface area contributed by atoms with Gasteiger partial charge in [-0.05, 0) is 62.2 Å². The van der Waals surface area contributed by atoms with Crippen LogP contribution >= 0.6 is 11.3 Å². The number of likely N-dealkylation sites (tertiary alicyclic amines) is 1. The zero-order chi connectivity index (χ0) is 19.0. The number of thiophene rings is 1. The average molecular weight is 381 g/mol. The van der Waals surface area contributed by atoms with E-state index in [1.165, 1.54) is 5.56 Å². The number of carbonyl (C=O) groups excluding carboxylic acids is 1. The van der Waals surface area contributed by atoms with Crippen LogP contribution in [0.1, 0.15) is 21.7 Å². The van der Waals surface area contributed by atoms with Gasteiger partial charge in [0.05, 0.1) is 18.0 Å². The predicted octanol–water partition coefficient (Wildman–Crippen LogP) is 4.57. The number of hydrogen-bond donors (Lipinski definition) is 0. The summed E-state index contributed by atoms with van der Waals surface area (Å²) < 4.78 is 6.55. The number of benzene rings is 2. The standard InChI is InChI=1S/C22H24N2O2S/c1-15-7-8-16-12-21(27-20(16)11-15)22(25)24(18-9-10-23(2)14-18)17-5-4-6-19(13-17)26-3/h4-8,11-13,18H,9-10,14H2,1-3H3. The van der Waals surface area contributed by atoms with Crippen LogP contribution in [-0.4, -0.2) is 44.1 Å². The largest absolute Gasteiger partial charge is 0.497 e. The Bertz CT molecular complexity index is 981.